The summed E-state index contributed by atoms with van der Waals surface area (Å²) in [6, 6.07) is 3.85. The third-order valence-electron chi connectivity index (χ3n) is 2.82. The van der Waals surface area contributed by atoms with Crippen molar-refractivity contribution in [1.29, 1.82) is 0 Å². The van der Waals surface area contributed by atoms with Gasteiger partial charge in [0.25, 0.3) is 5.91 Å². The van der Waals surface area contributed by atoms with Gasteiger partial charge in [-0.1, -0.05) is 0 Å². The highest BCUT2D eigenvalue weighted by molar-refractivity contribution is 5.98. The highest BCUT2D eigenvalue weighted by Gasteiger charge is 2.21. The van der Waals surface area contributed by atoms with E-state index in [1.54, 1.807) is 6.07 Å². The number of methoxy groups -OCH3 is 1. The molecule has 3 amide bonds. The van der Waals surface area contributed by atoms with E-state index in [-0.39, 0.29) is 5.56 Å². The van der Waals surface area contributed by atoms with Crippen molar-refractivity contribution in [2.75, 3.05) is 20.8 Å². The van der Waals surface area contributed by atoms with Crippen molar-refractivity contribution in [1.82, 2.24) is 10.6 Å². The number of amides is 3. The van der Waals surface area contributed by atoms with Crippen LogP contribution in [0.5, 0.6) is 11.5 Å². The summed E-state index contributed by atoms with van der Waals surface area (Å²) < 4.78 is 15.5. The molecule has 0 fully saturated rings. The minimum absolute atomic E-state index is 0.199. The lowest BCUT2D eigenvalue weighted by Gasteiger charge is -2.14. The average molecular weight is 324 g/mol. The third-order valence-corrected chi connectivity index (χ3v) is 2.82. The smallest absolute Gasteiger partial charge is 0.339 e. The van der Waals surface area contributed by atoms with Crippen molar-refractivity contribution >= 4 is 17.9 Å². The Kier molecular flexibility index (Phi) is 6.85. The predicted octanol–water partition coefficient (Wildman–Crippen LogP) is 1.09. The van der Waals surface area contributed by atoms with Crippen molar-refractivity contribution in [2.24, 2.45) is 0 Å². The molecule has 0 unspecified atom stereocenters. The van der Waals surface area contributed by atoms with E-state index in [4.69, 9.17) is 14.2 Å². The number of hydrogen-bond acceptors (Lipinski definition) is 6. The molecule has 1 aromatic carbocycles. The number of hydrogen-bond donors (Lipinski definition) is 2. The standard InChI is InChI=1S/C15H20N2O6/c1-5-22-11-7-6-10(8-12(11)21-4)14(19)23-9(2)13(18)17-15(20)16-3/h6-9H,5H2,1-4H3,(H2,16,17,18,20)/t9-/m0/s1. The van der Waals surface area contributed by atoms with E-state index in [1.807, 2.05) is 12.2 Å². The molecular weight excluding hydrogens is 304 g/mol. The quantitative estimate of drug-likeness (QED) is 0.760. The summed E-state index contributed by atoms with van der Waals surface area (Å²) in [5.74, 6) is -0.567. The van der Waals surface area contributed by atoms with Crippen molar-refractivity contribution in [3.8, 4) is 11.5 Å². The maximum atomic E-state index is 12.1. The van der Waals surface area contributed by atoms with E-state index in [9.17, 15) is 14.4 Å². The lowest BCUT2D eigenvalue weighted by molar-refractivity contribution is -0.127. The van der Waals surface area contributed by atoms with E-state index in [1.165, 1.54) is 33.2 Å². The Bertz CT molecular complexity index is 587. The van der Waals surface area contributed by atoms with Gasteiger partial charge in [-0.25, -0.2) is 9.59 Å². The molecule has 0 aliphatic carbocycles. The molecular formula is C15H20N2O6. The summed E-state index contributed by atoms with van der Waals surface area (Å²) in [5.41, 5.74) is 0.199. The van der Waals surface area contributed by atoms with Crippen molar-refractivity contribution in [3.63, 3.8) is 0 Å². The molecule has 0 saturated carbocycles. The van der Waals surface area contributed by atoms with Gasteiger partial charge in [0, 0.05) is 7.05 Å². The van der Waals surface area contributed by atoms with Gasteiger partial charge in [-0.05, 0) is 32.0 Å². The van der Waals surface area contributed by atoms with E-state index < -0.39 is 24.0 Å². The van der Waals surface area contributed by atoms with Gasteiger partial charge in [0.1, 0.15) is 0 Å². The molecule has 126 valence electrons. The summed E-state index contributed by atoms with van der Waals surface area (Å²) in [4.78, 5) is 34.8. The molecule has 23 heavy (non-hydrogen) atoms. The van der Waals surface area contributed by atoms with E-state index >= 15 is 0 Å². The molecule has 0 bridgehead atoms. The Balaban J connectivity index is 2.77. The van der Waals surface area contributed by atoms with Gasteiger partial charge >= 0.3 is 12.0 Å². The van der Waals surface area contributed by atoms with Gasteiger partial charge in [0.15, 0.2) is 17.6 Å². The number of ether oxygens (including phenoxy) is 3. The van der Waals surface area contributed by atoms with Gasteiger partial charge in [-0.3, -0.25) is 10.1 Å². The monoisotopic (exact) mass is 324 g/mol. The molecule has 0 aliphatic heterocycles. The molecule has 8 heteroatoms. The van der Waals surface area contributed by atoms with Crippen LogP contribution in [-0.2, 0) is 9.53 Å². The van der Waals surface area contributed by atoms with Gasteiger partial charge in [0.05, 0.1) is 19.3 Å². The number of carbonyl (C=O) groups excluding carboxylic acids is 3. The second-order valence-corrected chi connectivity index (χ2v) is 4.41. The zero-order valence-corrected chi connectivity index (χ0v) is 13.5. The number of benzene rings is 1. The lowest BCUT2D eigenvalue weighted by Crippen LogP contribution is -2.43. The van der Waals surface area contributed by atoms with Crippen LogP contribution in [-0.4, -0.2) is 44.8 Å². The largest absolute Gasteiger partial charge is 0.493 e. The highest BCUT2D eigenvalue weighted by atomic mass is 16.5. The van der Waals surface area contributed by atoms with Crippen molar-refractivity contribution in [3.05, 3.63) is 23.8 Å². The fraction of sp³-hybridized carbons (Fsp3) is 0.400. The second-order valence-electron chi connectivity index (χ2n) is 4.41. The Morgan fingerprint density at radius 1 is 1.22 bits per heavy atom. The minimum Gasteiger partial charge on any atom is -0.493 e. The Hall–Kier alpha value is -2.77. The van der Waals surface area contributed by atoms with Crippen LogP contribution >= 0.6 is 0 Å². The molecule has 0 spiro atoms. The third kappa shape index (κ3) is 5.17. The number of carbonyl (C=O) groups is 3. The number of imide groups is 1. The molecule has 0 radical (unpaired) electrons. The van der Waals surface area contributed by atoms with Crippen LogP contribution in [0.4, 0.5) is 4.79 Å². The van der Waals surface area contributed by atoms with Crippen LogP contribution < -0.4 is 20.1 Å². The van der Waals surface area contributed by atoms with E-state index in [0.717, 1.165) is 0 Å². The Morgan fingerprint density at radius 3 is 2.48 bits per heavy atom. The molecule has 0 aliphatic rings. The fourth-order valence-corrected chi connectivity index (χ4v) is 1.63. The molecule has 8 nitrogen and oxygen atoms in total. The van der Waals surface area contributed by atoms with Gasteiger partial charge in [-0.15, -0.1) is 0 Å². The molecule has 0 heterocycles. The number of rotatable bonds is 6. The second kappa shape index (κ2) is 8.62. The first-order valence-electron chi connectivity index (χ1n) is 6.97. The highest BCUT2D eigenvalue weighted by Crippen LogP contribution is 2.28. The molecule has 1 rings (SSSR count). The van der Waals surface area contributed by atoms with Crippen LogP contribution in [0, 0.1) is 0 Å². The van der Waals surface area contributed by atoms with Gasteiger partial charge in [-0.2, -0.15) is 0 Å². The van der Waals surface area contributed by atoms with Crippen LogP contribution in [0.3, 0.4) is 0 Å². The zero-order valence-electron chi connectivity index (χ0n) is 13.5. The lowest BCUT2D eigenvalue weighted by atomic mass is 10.2. The first kappa shape index (κ1) is 18.3. The SMILES string of the molecule is CCOc1ccc(C(=O)O[C@@H](C)C(=O)NC(=O)NC)cc1OC. The van der Waals surface area contributed by atoms with Gasteiger partial charge < -0.3 is 19.5 Å². The van der Waals surface area contributed by atoms with Crippen molar-refractivity contribution < 1.29 is 28.6 Å². The molecule has 0 aromatic heterocycles. The zero-order chi connectivity index (χ0) is 17.4. The van der Waals surface area contributed by atoms with Crippen molar-refractivity contribution in [2.45, 2.75) is 20.0 Å². The minimum atomic E-state index is -1.13. The van der Waals surface area contributed by atoms with Gasteiger partial charge in [0.2, 0.25) is 0 Å². The summed E-state index contributed by atoms with van der Waals surface area (Å²) >= 11 is 0. The maximum Gasteiger partial charge on any atom is 0.339 e. The maximum absolute atomic E-state index is 12.1. The van der Waals surface area contributed by atoms with Crippen LogP contribution in [0.15, 0.2) is 18.2 Å². The number of esters is 1. The number of urea groups is 1. The predicted molar refractivity (Wildman–Crippen MR) is 81.6 cm³/mol. The first-order valence-corrected chi connectivity index (χ1v) is 6.97. The Labute approximate surface area is 134 Å². The normalized spacial score (nSPS) is 11.1. The molecule has 2 N–H and O–H groups in total. The van der Waals surface area contributed by atoms with E-state index in [0.29, 0.717) is 18.1 Å². The van der Waals surface area contributed by atoms with Crippen LogP contribution in [0.2, 0.25) is 0 Å². The summed E-state index contributed by atoms with van der Waals surface area (Å²) in [6.07, 6.45) is -1.13. The Morgan fingerprint density at radius 2 is 1.91 bits per heavy atom. The van der Waals surface area contributed by atoms with Crippen LogP contribution in [0.25, 0.3) is 0 Å². The van der Waals surface area contributed by atoms with Crippen LogP contribution in [0.1, 0.15) is 24.2 Å². The molecule has 0 saturated heterocycles. The summed E-state index contributed by atoms with van der Waals surface area (Å²) in [7, 11) is 2.82. The summed E-state index contributed by atoms with van der Waals surface area (Å²) in [5, 5.41) is 4.25. The fourth-order valence-electron chi connectivity index (χ4n) is 1.63. The number of nitrogens with one attached hydrogen (secondary N) is 2. The first-order chi connectivity index (χ1) is 10.9. The molecule has 1 atom stereocenters. The topological polar surface area (TPSA) is 103 Å². The molecule has 1 aromatic rings. The summed E-state index contributed by atoms with van der Waals surface area (Å²) in [6.45, 7) is 3.65. The average Bonchev–Trinajstić information content (AvgIpc) is 2.54. The van der Waals surface area contributed by atoms with E-state index in [2.05, 4.69) is 5.32 Å².